The number of hydrogen-bond acceptors (Lipinski definition) is 7. The van der Waals surface area contributed by atoms with Gasteiger partial charge in [-0.1, -0.05) is 6.07 Å². The van der Waals surface area contributed by atoms with E-state index in [-0.39, 0.29) is 5.69 Å². The van der Waals surface area contributed by atoms with E-state index in [1.807, 2.05) is 24.4 Å². The Balaban J connectivity index is 1.83. The normalized spacial score (nSPS) is 10.8. The minimum atomic E-state index is -0.505. The topological polar surface area (TPSA) is 82.5 Å². The molecule has 0 bridgehead atoms. The highest BCUT2D eigenvalue weighted by molar-refractivity contribution is 7.99. The first kappa shape index (κ1) is 12.7. The van der Waals surface area contributed by atoms with Gasteiger partial charge in [-0.2, -0.15) is 4.98 Å². The third-order valence-corrected chi connectivity index (χ3v) is 3.25. The molecule has 3 aromatic heterocycles. The average Bonchev–Trinajstić information content (AvgIpc) is 3.08. The van der Waals surface area contributed by atoms with Gasteiger partial charge in [-0.25, -0.2) is 4.79 Å². The maximum Gasteiger partial charge on any atom is 0.360 e. The molecule has 3 heterocycles. The van der Waals surface area contributed by atoms with Crippen LogP contribution >= 0.6 is 11.8 Å². The lowest BCUT2D eigenvalue weighted by atomic mass is 10.5. The predicted molar refractivity (Wildman–Crippen MR) is 69.6 cm³/mol. The van der Waals surface area contributed by atoms with Crippen molar-refractivity contribution in [3.05, 3.63) is 36.4 Å². The Morgan fingerprint density at radius 2 is 2.35 bits per heavy atom. The van der Waals surface area contributed by atoms with Gasteiger partial charge in [0.2, 0.25) is 5.16 Å². The maximum absolute atomic E-state index is 11.5. The van der Waals surface area contributed by atoms with Gasteiger partial charge in [0.25, 0.3) is 5.22 Å². The number of ether oxygens (including phenoxy) is 1. The van der Waals surface area contributed by atoms with Gasteiger partial charge >= 0.3 is 5.97 Å². The number of carbonyl (C=O) groups excluding carboxylic acids is 1. The van der Waals surface area contributed by atoms with Crippen LogP contribution in [0.25, 0.3) is 5.65 Å². The number of fused-ring (bicyclic) bond motifs is 1. The molecule has 20 heavy (non-hydrogen) atoms. The molecule has 102 valence electrons. The van der Waals surface area contributed by atoms with Crippen LogP contribution in [-0.4, -0.2) is 32.2 Å². The number of aromatic nitrogens is 4. The van der Waals surface area contributed by atoms with Gasteiger partial charge in [0, 0.05) is 18.0 Å². The number of rotatable bonds is 4. The van der Waals surface area contributed by atoms with E-state index in [1.165, 1.54) is 18.0 Å². The van der Waals surface area contributed by atoms with Crippen LogP contribution in [0.3, 0.4) is 0 Å². The molecule has 0 saturated carbocycles. The van der Waals surface area contributed by atoms with Gasteiger partial charge in [-0.05, 0) is 19.1 Å². The number of nitrogens with zero attached hydrogens (tertiary/aromatic N) is 4. The second kappa shape index (κ2) is 5.33. The minimum absolute atomic E-state index is 0.142. The standard InChI is InChI=1S/C12H10N4O3S/c1-2-18-10(17)8-7-19-12(13-8)20-11-15-14-9-5-3-4-6-16(9)11/h3-7H,2H2,1H3. The summed E-state index contributed by atoms with van der Waals surface area (Å²) in [4.78, 5) is 15.5. The van der Waals surface area contributed by atoms with Crippen molar-refractivity contribution < 1.29 is 13.9 Å². The van der Waals surface area contributed by atoms with Crippen LogP contribution in [0.2, 0.25) is 0 Å². The van der Waals surface area contributed by atoms with Crippen molar-refractivity contribution in [2.24, 2.45) is 0 Å². The molecular weight excluding hydrogens is 280 g/mol. The first-order valence-corrected chi connectivity index (χ1v) is 6.70. The molecule has 8 heteroatoms. The largest absolute Gasteiger partial charge is 0.461 e. The maximum atomic E-state index is 11.5. The molecule has 0 aliphatic heterocycles. The fourth-order valence-corrected chi connectivity index (χ4v) is 2.30. The SMILES string of the molecule is CCOC(=O)c1coc(Sc2nnc3ccccn23)n1. The van der Waals surface area contributed by atoms with Crippen LogP contribution in [0, 0.1) is 0 Å². The average molecular weight is 290 g/mol. The molecule has 0 spiro atoms. The monoisotopic (exact) mass is 290 g/mol. The number of esters is 1. The van der Waals surface area contributed by atoms with Crippen LogP contribution < -0.4 is 0 Å². The second-order valence-corrected chi connectivity index (χ2v) is 4.65. The number of hydrogen-bond donors (Lipinski definition) is 0. The summed E-state index contributed by atoms with van der Waals surface area (Å²) < 4.78 is 11.9. The molecule has 0 atom stereocenters. The zero-order chi connectivity index (χ0) is 13.9. The zero-order valence-corrected chi connectivity index (χ0v) is 11.3. The van der Waals surface area contributed by atoms with E-state index in [0.29, 0.717) is 17.0 Å². The molecular formula is C12H10N4O3S. The quantitative estimate of drug-likeness (QED) is 0.680. The highest BCUT2D eigenvalue weighted by Crippen LogP contribution is 2.25. The lowest BCUT2D eigenvalue weighted by Gasteiger charge is -1.95. The Hall–Kier alpha value is -2.35. The first-order valence-electron chi connectivity index (χ1n) is 5.88. The Morgan fingerprint density at radius 3 is 3.20 bits per heavy atom. The summed E-state index contributed by atoms with van der Waals surface area (Å²) in [5.41, 5.74) is 0.871. The number of carbonyl (C=O) groups is 1. The first-order chi connectivity index (χ1) is 9.78. The summed E-state index contributed by atoms with van der Waals surface area (Å²) in [5, 5.41) is 8.98. The molecule has 0 aliphatic carbocycles. The Bertz CT molecular complexity index is 752. The highest BCUT2D eigenvalue weighted by Gasteiger charge is 2.16. The van der Waals surface area contributed by atoms with Gasteiger partial charge in [0.15, 0.2) is 11.3 Å². The van der Waals surface area contributed by atoms with Gasteiger partial charge in [0.1, 0.15) is 6.26 Å². The molecule has 0 amide bonds. The summed E-state index contributed by atoms with van der Waals surface area (Å²) in [5.74, 6) is -0.505. The fourth-order valence-electron chi connectivity index (χ4n) is 1.57. The smallest absolute Gasteiger partial charge is 0.360 e. The van der Waals surface area contributed by atoms with E-state index < -0.39 is 5.97 Å². The molecule has 3 aromatic rings. The van der Waals surface area contributed by atoms with Crippen LogP contribution in [0.5, 0.6) is 0 Å². The Labute approximate surface area is 118 Å². The summed E-state index contributed by atoms with van der Waals surface area (Å²) in [6, 6.07) is 5.60. The van der Waals surface area contributed by atoms with Gasteiger partial charge in [-0.3, -0.25) is 4.40 Å². The minimum Gasteiger partial charge on any atom is -0.461 e. The van der Waals surface area contributed by atoms with Crippen LogP contribution in [0.4, 0.5) is 0 Å². The molecule has 0 radical (unpaired) electrons. The Morgan fingerprint density at radius 1 is 1.45 bits per heavy atom. The lowest BCUT2D eigenvalue weighted by molar-refractivity contribution is 0.0519. The second-order valence-electron chi connectivity index (χ2n) is 3.73. The van der Waals surface area contributed by atoms with Crippen LogP contribution in [-0.2, 0) is 4.74 Å². The van der Waals surface area contributed by atoms with Crippen molar-refractivity contribution in [2.45, 2.75) is 17.3 Å². The van der Waals surface area contributed by atoms with E-state index in [4.69, 9.17) is 9.15 Å². The molecule has 0 aliphatic rings. The van der Waals surface area contributed by atoms with E-state index >= 15 is 0 Å². The summed E-state index contributed by atoms with van der Waals surface area (Å²) in [7, 11) is 0. The lowest BCUT2D eigenvalue weighted by Crippen LogP contribution is -2.04. The molecule has 0 saturated heterocycles. The van der Waals surface area contributed by atoms with Crippen molar-refractivity contribution >= 4 is 23.4 Å². The zero-order valence-electron chi connectivity index (χ0n) is 10.5. The summed E-state index contributed by atoms with van der Waals surface area (Å²) in [6.45, 7) is 2.03. The van der Waals surface area contributed by atoms with Crippen molar-refractivity contribution in [3.63, 3.8) is 0 Å². The molecule has 0 unspecified atom stereocenters. The molecule has 0 fully saturated rings. The van der Waals surface area contributed by atoms with E-state index in [9.17, 15) is 4.79 Å². The predicted octanol–water partition coefficient (Wildman–Crippen LogP) is 2.05. The van der Waals surface area contributed by atoms with Crippen LogP contribution in [0.15, 0.2) is 45.5 Å². The van der Waals surface area contributed by atoms with Gasteiger partial charge in [0.05, 0.1) is 6.61 Å². The van der Waals surface area contributed by atoms with Crippen LogP contribution in [0.1, 0.15) is 17.4 Å². The highest BCUT2D eigenvalue weighted by atomic mass is 32.2. The summed E-state index contributed by atoms with van der Waals surface area (Å²) >= 11 is 1.18. The van der Waals surface area contributed by atoms with Crippen molar-refractivity contribution in [1.29, 1.82) is 0 Å². The number of pyridine rings is 1. The third-order valence-electron chi connectivity index (χ3n) is 2.43. The summed E-state index contributed by atoms with van der Waals surface area (Å²) in [6.07, 6.45) is 3.11. The van der Waals surface area contributed by atoms with Gasteiger partial charge < -0.3 is 9.15 Å². The molecule has 7 nitrogen and oxygen atoms in total. The molecule has 3 rings (SSSR count). The van der Waals surface area contributed by atoms with E-state index in [0.717, 1.165) is 5.65 Å². The van der Waals surface area contributed by atoms with E-state index in [1.54, 1.807) is 11.3 Å². The van der Waals surface area contributed by atoms with Crippen molar-refractivity contribution in [3.8, 4) is 0 Å². The van der Waals surface area contributed by atoms with E-state index in [2.05, 4.69) is 15.2 Å². The van der Waals surface area contributed by atoms with Gasteiger partial charge in [-0.15, -0.1) is 10.2 Å². The number of oxazole rings is 1. The molecule has 0 aromatic carbocycles. The Kier molecular flexibility index (Phi) is 3.38. The third kappa shape index (κ3) is 2.37. The molecule has 0 N–H and O–H groups in total. The van der Waals surface area contributed by atoms with Crippen molar-refractivity contribution in [2.75, 3.05) is 6.61 Å². The fraction of sp³-hybridized carbons (Fsp3) is 0.167. The van der Waals surface area contributed by atoms with Crippen molar-refractivity contribution in [1.82, 2.24) is 19.6 Å².